The Bertz CT molecular complexity index is 1100. The number of fused-ring (bicyclic) bond motifs is 1. The van der Waals surface area contributed by atoms with Gasteiger partial charge in [-0.1, -0.05) is 24.8 Å². The number of aromatic nitrogens is 4. The van der Waals surface area contributed by atoms with Gasteiger partial charge >= 0.3 is 0 Å². The molecule has 0 bridgehead atoms. The van der Waals surface area contributed by atoms with Crippen LogP contribution in [-0.2, 0) is 18.7 Å². The van der Waals surface area contributed by atoms with Crippen molar-refractivity contribution in [1.82, 2.24) is 19.7 Å². The number of nitrogens with zero attached hydrogens (tertiary/aromatic N) is 4. The molecule has 4 rings (SSSR count). The second-order valence-corrected chi connectivity index (χ2v) is 8.23. The summed E-state index contributed by atoms with van der Waals surface area (Å²) in [7, 11) is 0. The first-order chi connectivity index (χ1) is 12.7. The highest BCUT2D eigenvalue weighted by Crippen LogP contribution is 2.34. The van der Waals surface area contributed by atoms with Crippen LogP contribution in [-0.4, -0.2) is 19.7 Å². The lowest BCUT2D eigenvalue weighted by molar-refractivity contribution is 0.469. The smallest absolute Gasteiger partial charge is 0.263 e. The maximum atomic E-state index is 13.1. The van der Waals surface area contributed by atoms with Crippen molar-refractivity contribution >= 4 is 44.7 Å². The van der Waals surface area contributed by atoms with E-state index in [0.717, 1.165) is 15.3 Å². The lowest BCUT2D eigenvalue weighted by atomic mass is 10.2. The highest BCUT2D eigenvalue weighted by molar-refractivity contribution is 7.98. The maximum absolute atomic E-state index is 13.1. The van der Waals surface area contributed by atoms with E-state index in [1.54, 1.807) is 15.9 Å². The number of hydrogen-bond donors (Lipinski definition) is 0. The Hall–Kier alpha value is -1.97. The monoisotopic (exact) mass is 404 g/mol. The van der Waals surface area contributed by atoms with E-state index in [0.29, 0.717) is 41.0 Å². The van der Waals surface area contributed by atoms with Crippen molar-refractivity contribution < 1.29 is 4.42 Å². The Balaban J connectivity index is 1.72. The predicted octanol–water partition coefficient (Wildman–Crippen LogP) is 4.44. The molecule has 0 atom stereocenters. The third-order valence-electron chi connectivity index (χ3n) is 3.90. The maximum Gasteiger partial charge on any atom is 0.263 e. The normalized spacial score (nSPS) is 11.5. The molecule has 4 heterocycles. The van der Waals surface area contributed by atoms with Crippen molar-refractivity contribution in [3.05, 3.63) is 45.0 Å². The SMILES string of the molecule is CCc1nnc(CSc2nc3scc(-c4cccs4)c3c(=O)n2CC)o1. The summed E-state index contributed by atoms with van der Waals surface area (Å²) in [4.78, 5) is 19.7. The molecule has 0 unspecified atom stereocenters. The summed E-state index contributed by atoms with van der Waals surface area (Å²) in [5, 5.41) is 13.4. The second kappa shape index (κ2) is 7.34. The number of thioether (sulfide) groups is 1. The zero-order chi connectivity index (χ0) is 18.1. The molecule has 0 aromatic carbocycles. The van der Waals surface area contributed by atoms with E-state index in [-0.39, 0.29) is 5.56 Å². The zero-order valence-electron chi connectivity index (χ0n) is 14.3. The summed E-state index contributed by atoms with van der Waals surface area (Å²) in [5.41, 5.74) is 0.977. The number of aryl methyl sites for hydroxylation is 1. The highest BCUT2D eigenvalue weighted by atomic mass is 32.2. The first kappa shape index (κ1) is 17.4. The van der Waals surface area contributed by atoms with Crippen molar-refractivity contribution in [2.45, 2.75) is 37.7 Å². The topological polar surface area (TPSA) is 73.8 Å². The lowest BCUT2D eigenvalue weighted by Crippen LogP contribution is -2.22. The van der Waals surface area contributed by atoms with E-state index >= 15 is 0 Å². The predicted molar refractivity (Wildman–Crippen MR) is 106 cm³/mol. The molecule has 0 aliphatic heterocycles. The molecule has 0 N–H and O–H groups in total. The Morgan fingerprint density at radius 3 is 2.77 bits per heavy atom. The minimum Gasteiger partial charge on any atom is -0.424 e. The van der Waals surface area contributed by atoms with Crippen molar-refractivity contribution in [3.63, 3.8) is 0 Å². The van der Waals surface area contributed by atoms with Gasteiger partial charge in [-0.05, 0) is 18.4 Å². The standard InChI is InChI=1S/C17H16N4O2S3/c1-3-12-19-20-13(23-12)9-26-17-18-15-14(16(22)21(17)4-2)10(8-25-15)11-6-5-7-24-11/h5-8H,3-4,9H2,1-2H3. The van der Waals surface area contributed by atoms with Crippen LogP contribution >= 0.6 is 34.4 Å². The lowest BCUT2D eigenvalue weighted by Gasteiger charge is -2.09. The molecule has 0 saturated carbocycles. The third kappa shape index (κ3) is 3.10. The molecule has 26 heavy (non-hydrogen) atoms. The quantitative estimate of drug-likeness (QED) is 0.349. The van der Waals surface area contributed by atoms with Crippen LogP contribution in [0.2, 0.25) is 0 Å². The second-order valence-electron chi connectivity index (χ2n) is 5.48. The molecular formula is C17H16N4O2S3. The van der Waals surface area contributed by atoms with E-state index in [4.69, 9.17) is 9.40 Å². The summed E-state index contributed by atoms with van der Waals surface area (Å²) in [6, 6.07) is 4.03. The zero-order valence-corrected chi connectivity index (χ0v) is 16.7. The van der Waals surface area contributed by atoms with Crippen molar-refractivity contribution in [1.29, 1.82) is 0 Å². The van der Waals surface area contributed by atoms with Gasteiger partial charge in [0.2, 0.25) is 11.8 Å². The van der Waals surface area contributed by atoms with Crippen LogP contribution in [0.25, 0.3) is 20.7 Å². The largest absolute Gasteiger partial charge is 0.424 e. The Kier molecular flexibility index (Phi) is 4.92. The molecular weight excluding hydrogens is 388 g/mol. The minimum absolute atomic E-state index is 0.00410. The van der Waals surface area contributed by atoms with Gasteiger partial charge in [0.15, 0.2) is 5.16 Å². The summed E-state index contributed by atoms with van der Waals surface area (Å²) < 4.78 is 7.26. The van der Waals surface area contributed by atoms with Gasteiger partial charge in [0.1, 0.15) is 4.83 Å². The van der Waals surface area contributed by atoms with Crippen LogP contribution in [0, 0.1) is 0 Å². The van der Waals surface area contributed by atoms with E-state index in [2.05, 4.69) is 10.2 Å². The van der Waals surface area contributed by atoms with Gasteiger partial charge in [0, 0.05) is 28.8 Å². The Morgan fingerprint density at radius 2 is 2.08 bits per heavy atom. The first-order valence-corrected chi connectivity index (χ1v) is 11.0. The molecule has 9 heteroatoms. The van der Waals surface area contributed by atoms with Gasteiger partial charge in [-0.25, -0.2) is 4.98 Å². The van der Waals surface area contributed by atoms with Gasteiger partial charge in [0.05, 0.1) is 11.1 Å². The van der Waals surface area contributed by atoms with Gasteiger partial charge in [0.25, 0.3) is 5.56 Å². The minimum atomic E-state index is 0.00410. The average molecular weight is 405 g/mol. The molecule has 4 aromatic heterocycles. The molecule has 0 saturated heterocycles. The fourth-order valence-electron chi connectivity index (χ4n) is 2.62. The number of rotatable bonds is 6. The molecule has 134 valence electrons. The van der Waals surface area contributed by atoms with Gasteiger partial charge in [-0.2, -0.15) is 0 Å². The molecule has 0 amide bonds. The van der Waals surface area contributed by atoms with E-state index in [9.17, 15) is 4.79 Å². The molecule has 0 fully saturated rings. The molecule has 0 aliphatic carbocycles. The van der Waals surface area contributed by atoms with E-state index in [1.165, 1.54) is 23.1 Å². The van der Waals surface area contributed by atoms with Crippen molar-refractivity contribution in [3.8, 4) is 10.4 Å². The molecule has 0 spiro atoms. The summed E-state index contributed by atoms with van der Waals surface area (Å²) in [5.74, 6) is 1.67. The van der Waals surface area contributed by atoms with Crippen LogP contribution in [0.1, 0.15) is 25.6 Å². The van der Waals surface area contributed by atoms with Crippen molar-refractivity contribution in [2.24, 2.45) is 0 Å². The summed E-state index contributed by atoms with van der Waals surface area (Å²) in [6.07, 6.45) is 0.711. The number of thiophene rings is 2. The van der Waals surface area contributed by atoms with Crippen LogP contribution in [0.3, 0.4) is 0 Å². The first-order valence-electron chi connectivity index (χ1n) is 8.21. The van der Waals surface area contributed by atoms with E-state index < -0.39 is 0 Å². The van der Waals surface area contributed by atoms with Crippen LogP contribution in [0.5, 0.6) is 0 Å². The average Bonchev–Trinajstić information content (AvgIpc) is 3.39. The molecule has 0 radical (unpaired) electrons. The summed E-state index contributed by atoms with van der Waals surface area (Å²) in [6.45, 7) is 4.49. The fourth-order valence-corrected chi connectivity index (χ4v) is 5.33. The van der Waals surface area contributed by atoms with Gasteiger partial charge < -0.3 is 4.42 Å². The highest BCUT2D eigenvalue weighted by Gasteiger charge is 2.18. The van der Waals surface area contributed by atoms with Gasteiger partial charge in [-0.15, -0.1) is 32.9 Å². The Labute approximate surface area is 161 Å². The summed E-state index contributed by atoms with van der Waals surface area (Å²) >= 11 is 4.59. The van der Waals surface area contributed by atoms with Crippen LogP contribution < -0.4 is 5.56 Å². The van der Waals surface area contributed by atoms with E-state index in [1.807, 2.05) is 36.7 Å². The van der Waals surface area contributed by atoms with Gasteiger partial charge in [-0.3, -0.25) is 9.36 Å². The fraction of sp³-hybridized carbons (Fsp3) is 0.294. The Morgan fingerprint density at radius 1 is 1.23 bits per heavy atom. The molecule has 6 nitrogen and oxygen atoms in total. The third-order valence-corrected chi connectivity index (χ3v) is 6.63. The number of hydrogen-bond acceptors (Lipinski definition) is 8. The van der Waals surface area contributed by atoms with Crippen molar-refractivity contribution in [2.75, 3.05) is 0 Å². The molecule has 4 aromatic rings. The molecule has 0 aliphatic rings. The van der Waals surface area contributed by atoms with Crippen LogP contribution in [0.4, 0.5) is 0 Å². The van der Waals surface area contributed by atoms with Crippen LogP contribution in [0.15, 0.2) is 37.3 Å².